The lowest BCUT2D eigenvalue weighted by Gasteiger charge is -2.31. The van der Waals surface area contributed by atoms with Gasteiger partial charge in [0.05, 0.1) is 13.2 Å². The predicted molar refractivity (Wildman–Crippen MR) is 74.8 cm³/mol. The number of carbonyl (C=O) groups excluding carboxylic acids is 1. The molecule has 1 aliphatic carbocycles. The molecule has 1 saturated carbocycles. The first-order valence-electron chi connectivity index (χ1n) is 7.25. The van der Waals surface area contributed by atoms with Crippen LogP contribution in [-0.4, -0.2) is 45.4 Å². The van der Waals surface area contributed by atoms with Gasteiger partial charge < -0.3 is 20.5 Å². The summed E-state index contributed by atoms with van der Waals surface area (Å²) < 4.78 is 10.2. The minimum atomic E-state index is 0.0978. The Balaban J connectivity index is 2.04. The van der Waals surface area contributed by atoms with Crippen molar-refractivity contribution in [1.29, 1.82) is 0 Å². The molecule has 0 spiro atoms. The number of hydrogen-bond donors (Lipinski definition) is 2. The molecule has 0 heterocycles. The number of methoxy groups -OCH3 is 1. The minimum Gasteiger partial charge on any atom is -0.382 e. The maximum Gasteiger partial charge on any atom is 0.223 e. The molecule has 3 N–H and O–H groups in total. The summed E-state index contributed by atoms with van der Waals surface area (Å²) in [5.74, 6) is 0.790. The molecule has 0 saturated heterocycles. The summed E-state index contributed by atoms with van der Waals surface area (Å²) >= 11 is 0. The molecule has 5 heteroatoms. The van der Waals surface area contributed by atoms with E-state index < -0.39 is 0 Å². The van der Waals surface area contributed by atoms with Gasteiger partial charge in [0.15, 0.2) is 0 Å². The van der Waals surface area contributed by atoms with Crippen LogP contribution in [0.15, 0.2) is 0 Å². The molecule has 112 valence electrons. The fraction of sp³-hybridized carbons (Fsp3) is 0.929. The van der Waals surface area contributed by atoms with Gasteiger partial charge in [-0.05, 0) is 31.6 Å². The van der Waals surface area contributed by atoms with E-state index in [0.717, 1.165) is 25.7 Å². The Morgan fingerprint density at radius 3 is 2.79 bits per heavy atom. The average molecular weight is 272 g/mol. The summed E-state index contributed by atoms with van der Waals surface area (Å²) in [6.45, 7) is 4.72. The van der Waals surface area contributed by atoms with Crippen LogP contribution in [0.3, 0.4) is 0 Å². The second-order valence-electron chi connectivity index (χ2n) is 5.40. The van der Waals surface area contributed by atoms with Crippen LogP contribution < -0.4 is 11.1 Å². The minimum absolute atomic E-state index is 0.0978. The van der Waals surface area contributed by atoms with Gasteiger partial charge in [-0.1, -0.05) is 6.92 Å². The third kappa shape index (κ3) is 6.36. The lowest BCUT2D eigenvalue weighted by molar-refractivity contribution is -0.126. The van der Waals surface area contributed by atoms with E-state index in [0.29, 0.717) is 32.3 Å². The number of nitrogens with two attached hydrogens (primary N) is 1. The molecule has 0 radical (unpaired) electrons. The Bertz CT molecular complexity index is 261. The Morgan fingerprint density at radius 1 is 1.32 bits per heavy atom. The van der Waals surface area contributed by atoms with E-state index in [9.17, 15) is 4.79 Å². The Hall–Kier alpha value is -0.650. The summed E-state index contributed by atoms with van der Waals surface area (Å²) in [5, 5.41) is 2.97. The van der Waals surface area contributed by atoms with Crippen LogP contribution in [0.2, 0.25) is 0 Å². The number of ether oxygens (including phenoxy) is 2. The third-order valence-electron chi connectivity index (χ3n) is 3.83. The number of hydrogen-bond acceptors (Lipinski definition) is 4. The fourth-order valence-electron chi connectivity index (χ4n) is 2.37. The zero-order chi connectivity index (χ0) is 14.1. The van der Waals surface area contributed by atoms with Gasteiger partial charge in [0, 0.05) is 32.2 Å². The van der Waals surface area contributed by atoms with E-state index in [-0.39, 0.29) is 17.9 Å². The highest BCUT2D eigenvalue weighted by molar-refractivity contribution is 5.78. The van der Waals surface area contributed by atoms with Crippen molar-refractivity contribution in [2.45, 2.75) is 38.6 Å². The third-order valence-corrected chi connectivity index (χ3v) is 3.83. The highest BCUT2D eigenvalue weighted by Crippen LogP contribution is 2.27. The van der Waals surface area contributed by atoms with Crippen LogP contribution in [0.5, 0.6) is 0 Å². The van der Waals surface area contributed by atoms with Gasteiger partial charge in [0.2, 0.25) is 5.91 Å². The molecule has 5 nitrogen and oxygen atoms in total. The van der Waals surface area contributed by atoms with E-state index in [1.807, 2.05) is 0 Å². The zero-order valence-corrected chi connectivity index (χ0v) is 12.2. The van der Waals surface area contributed by atoms with Crippen molar-refractivity contribution in [3.05, 3.63) is 0 Å². The average Bonchev–Trinajstić information content (AvgIpc) is 2.40. The standard InChI is InChI=1S/C14H28N2O3/c1-11-4-5-12(10-13(11)15)14(17)16-6-3-7-19-9-8-18-2/h11-13H,3-10,15H2,1-2H3,(H,16,17). The summed E-state index contributed by atoms with van der Waals surface area (Å²) in [5.41, 5.74) is 6.02. The van der Waals surface area contributed by atoms with Gasteiger partial charge in [-0.3, -0.25) is 4.79 Å². The predicted octanol–water partition coefficient (Wildman–Crippen LogP) is 0.919. The number of carbonyl (C=O) groups is 1. The van der Waals surface area contributed by atoms with Crippen molar-refractivity contribution in [3.8, 4) is 0 Å². The van der Waals surface area contributed by atoms with Crippen molar-refractivity contribution in [2.24, 2.45) is 17.6 Å². The second-order valence-corrected chi connectivity index (χ2v) is 5.40. The molecule has 0 aromatic heterocycles. The van der Waals surface area contributed by atoms with Crippen LogP contribution in [0.25, 0.3) is 0 Å². The molecule has 1 aliphatic rings. The molecule has 0 aromatic rings. The molecule has 0 aromatic carbocycles. The monoisotopic (exact) mass is 272 g/mol. The van der Waals surface area contributed by atoms with Crippen LogP contribution in [0.1, 0.15) is 32.6 Å². The van der Waals surface area contributed by atoms with E-state index in [1.54, 1.807) is 7.11 Å². The molecule has 1 fully saturated rings. The van der Waals surface area contributed by atoms with Crippen LogP contribution >= 0.6 is 0 Å². The molecular formula is C14H28N2O3. The highest BCUT2D eigenvalue weighted by atomic mass is 16.5. The topological polar surface area (TPSA) is 73.6 Å². The van der Waals surface area contributed by atoms with Crippen molar-refractivity contribution in [2.75, 3.05) is 33.5 Å². The van der Waals surface area contributed by atoms with E-state index in [2.05, 4.69) is 12.2 Å². The summed E-state index contributed by atoms with van der Waals surface area (Å²) in [6.07, 6.45) is 3.67. The Kier molecular flexibility index (Phi) is 8.02. The van der Waals surface area contributed by atoms with Gasteiger partial charge in [-0.25, -0.2) is 0 Å². The highest BCUT2D eigenvalue weighted by Gasteiger charge is 2.29. The first-order chi connectivity index (χ1) is 9.15. The van der Waals surface area contributed by atoms with Crippen LogP contribution in [-0.2, 0) is 14.3 Å². The summed E-state index contributed by atoms with van der Waals surface area (Å²) in [7, 11) is 1.65. The van der Waals surface area contributed by atoms with Crippen LogP contribution in [0, 0.1) is 11.8 Å². The number of nitrogens with one attached hydrogen (secondary N) is 1. The van der Waals surface area contributed by atoms with Gasteiger partial charge >= 0.3 is 0 Å². The SMILES string of the molecule is COCCOCCCNC(=O)C1CCC(C)C(N)C1. The lowest BCUT2D eigenvalue weighted by atomic mass is 9.79. The van der Waals surface area contributed by atoms with Crippen molar-refractivity contribution in [1.82, 2.24) is 5.32 Å². The van der Waals surface area contributed by atoms with Gasteiger partial charge in [-0.2, -0.15) is 0 Å². The summed E-state index contributed by atoms with van der Waals surface area (Å²) in [6, 6.07) is 0.168. The van der Waals surface area contributed by atoms with E-state index in [4.69, 9.17) is 15.2 Å². The normalized spacial score (nSPS) is 27.2. The molecule has 1 rings (SSSR count). The maximum atomic E-state index is 12.0. The van der Waals surface area contributed by atoms with E-state index in [1.165, 1.54) is 0 Å². The molecule has 19 heavy (non-hydrogen) atoms. The van der Waals surface area contributed by atoms with Crippen molar-refractivity contribution < 1.29 is 14.3 Å². The zero-order valence-electron chi connectivity index (χ0n) is 12.2. The molecule has 3 atom stereocenters. The fourth-order valence-corrected chi connectivity index (χ4v) is 2.37. The van der Waals surface area contributed by atoms with Crippen molar-refractivity contribution >= 4 is 5.91 Å². The summed E-state index contributed by atoms with van der Waals surface area (Å²) in [4.78, 5) is 12.0. The van der Waals surface area contributed by atoms with Gasteiger partial charge in [-0.15, -0.1) is 0 Å². The first-order valence-corrected chi connectivity index (χ1v) is 7.25. The Labute approximate surface area is 116 Å². The van der Waals surface area contributed by atoms with Gasteiger partial charge in [0.25, 0.3) is 0 Å². The second kappa shape index (κ2) is 9.28. The van der Waals surface area contributed by atoms with E-state index >= 15 is 0 Å². The van der Waals surface area contributed by atoms with Crippen molar-refractivity contribution in [3.63, 3.8) is 0 Å². The maximum absolute atomic E-state index is 12.0. The number of rotatable bonds is 8. The molecular weight excluding hydrogens is 244 g/mol. The molecule has 3 unspecified atom stereocenters. The molecule has 0 aliphatic heterocycles. The smallest absolute Gasteiger partial charge is 0.223 e. The Morgan fingerprint density at radius 2 is 2.11 bits per heavy atom. The molecule has 0 bridgehead atoms. The largest absolute Gasteiger partial charge is 0.382 e. The quantitative estimate of drug-likeness (QED) is 0.644. The number of amides is 1. The van der Waals surface area contributed by atoms with Crippen LogP contribution in [0.4, 0.5) is 0 Å². The first kappa shape index (κ1) is 16.4. The molecule has 1 amide bonds. The van der Waals surface area contributed by atoms with Gasteiger partial charge in [0.1, 0.15) is 0 Å². The lowest BCUT2D eigenvalue weighted by Crippen LogP contribution is -2.41.